The van der Waals surface area contributed by atoms with E-state index in [1.54, 1.807) is 0 Å². The molecule has 0 aliphatic carbocycles. The Bertz CT molecular complexity index is 649. The Labute approximate surface area is 296 Å². The summed E-state index contributed by atoms with van der Waals surface area (Å²) in [4.78, 5) is 38.5. The lowest BCUT2D eigenvalue weighted by Gasteiger charge is -2.23. The van der Waals surface area contributed by atoms with Gasteiger partial charge in [-0.2, -0.15) is 0 Å². The van der Waals surface area contributed by atoms with Crippen LogP contribution in [0.2, 0.25) is 0 Å². The van der Waals surface area contributed by atoms with E-state index in [1.807, 2.05) is 20.8 Å². The molecule has 3 unspecified atom stereocenters. The summed E-state index contributed by atoms with van der Waals surface area (Å²) >= 11 is 4.51. The molecule has 0 saturated carbocycles. The third kappa shape index (κ3) is 27.8. The van der Waals surface area contributed by atoms with Gasteiger partial charge in [-0.15, -0.1) is 0 Å². The molecule has 46 heavy (non-hydrogen) atoms. The molecule has 0 rings (SSSR count). The lowest BCUT2D eigenvalue weighted by atomic mass is 10.1. The van der Waals surface area contributed by atoms with Crippen LogP contribution in [0.3, 0.4) is 0 Å². The smallest absolute Gasteiger partial charge is 0.319 e. The van der Waals surface area contributed by atoms with Crippen LogP contribution in [-0.2, 0) is 28.6 Å². The fourth-order valence-electron chi connectivity index (χ4n) is 4.64. The average Bonchev–Trinajstić information content (AvgIpc) is 3.04. The molecule has 0 aliphatic heterocycles. The summed E-state index contributed by atoms with van der Waals surface area (Å²) < 4.78 is 16.8. The van der Waals surface area contributed by atoms with Crippen molar-refractivity contribution in [3.63, 3.8) is 0 Å². The average molecular weight is 725 g/mol. The molecular formula is C36H69O6PS3. The topological polar surface area (TPSA) is 78.9 Å². The van der Waals surface area contributed by atoms with Crippen LogP contribution in [0.5, 0.6) is 0 Å². The molecule has 0 aromatic carbocycles. The maximum Gasteiger partial charge on any atom is 0.319 e. The van der Waals surface area contributed by atoms with E-state index in [2.05, 4.69) is 20.8 Å². The number of esters is 3. The molecule has 0 spiro atoms. The van der Waals surface area contributed by atoms with Crippen molar-refractivity contribution in [3.05, 3.63) is 0 Å². The van der Waals surface area contributed by atoms with Gasteiger partial charge in [-0.05, 0) is 40.0 Å². The maximum atomic E-state index is 12.8. The third-order valence-electron chi connectivity index (χ3n) is 7.70. The molecule has 3 atom stereocenters. The third-order valence-corrected chi connectivity index (χ3v) is 18.8. The van der Waals surface area contributed by atoms with Crippen molar-refractivity contribution in [2.45, 2.75) is 192 Å². The minimum atomic E-state index is -1.02. The van der Waals surface area contributed by atoms with Crippen molar-refractivity contribution in [3.8, 4) is 0 Å². The molecule has 0 aromatic heterocycles. The largest absolute Gasteiger partial charge is 0.465 e. The van der Waals surface area contributed by atoms with Crippen LogP contribution in [0.15, 0.2) is 0 Å². The quantitative estimate of drug-likeness (QED) is 0.0284. The monoisotopic (exact) mass is 724 g/mol. The Kier molecular flexibility index (Phi) is 33.3. The molecule has 0 bridgehead atoms. The number of rotatable bonds is 33. The van der Waals surface area contributed by atoms with Crippen LogP contribution in [0.4, 0.5) is 0 Å². The first-order valence-electron chi connectivity index (χ1n) is 18.6. The minimum Gasteiger partial charge on any atom is -0.465 e. The zero-order valence-electron chi connectivity index (χ0n) is 30.3. The highest BCUT2D eigenvalue weighted by molar-refractivity contribution is 9.12. The van der Waals surface area contributed by atoms with Gasteiger partial charge in [0, 0.05) is 0 Å². The fourth-order valence-corrected chi connectivity index (χ4v) is 17.9. The zero-order valence-corrected chi connectivity index (χ0v) is 33.7. The zero-order chi connectivity index (χ0) is 34.3. The van der Waals surface area contributed by atoms with Gasteiger partial charge in [-0.1, -0.05) is 170 Å². The van der Waals surface area contributed by atoms with Gasteiger partial charge in [0.2, 0.25) is 0 Å². The standard InChI is InChI=1S/C36H69O6PS3/c1-7-10-13-16-19-22-25-28-40-34(37)31(4)44-43(45-32(5)35(38)41-29-26-23-20-17-14-11-8-2)46-33(6)36(39)42-30-27-24-21-18-15-12-9-3/h31-33H,7-30H2,1-6H3. The van der Waals surface area contributed by atoms with E-state index in [1.165, 1.54) is 130 Å². The van der Waals surface area contributed by atoms with Gasteiger partial charge in [0.05, 0.1) is 25.3 Å². The van der Waals surface area contributed by atoms with Crippen molar-refractivity contribution >= 4 is 57.6 Å². The van der Waals surface area contributed by atoms with Crippen molar-refractivity contribution in [2.24, 2.45) is 0 Å². The second-order valence-corrected chi connectivity index (χ2v) is 22.8. The predicted octanol–water partition coefficient (Wildman–Crippen LogP) is 12.5. The highest BCUT2D eigenvalue weighted by Gasteiger charge is 2.30. The van der Waals surface area contributed by atoms with Crippen molar-refractivity contribution in [2.75, 3.05) is 19.8 Å². The Morgan fingerprint density at radius 2 is 0.630 bits per heavy atom. The van der Waals surface area contributed by atoms with Gasteiger partial charge in [0.15, 0.2) is 0 Å². The lowest BCUT2D eigenvalue weighted by Crippen LogP contribution is -2.20. The summed E-state index contributed by atoms with van der Waals surface area (Å²) in [5.74, 6) is -0.686. The van der Waals surface area contributed by atoms with Crippen molar-refractivity contribution < 1.29 is 28.6 Å². The van der Waals surface area contributed by atoms with E-state index in [0.717, 1.165) is 38.5 Å². The second-order valence-electron chi connectivity index (χ2n) is 12.3. The van der Waals surface area contributed by atoms with Gasteiger partial charge in [-0.25, -0.2) is 0 Å². The molecule has 0 saturated heterocycles. The Morgan fingerprint density at radius 1 is 0.413 bits per heavy atom. The predicted molar refractivity (Wildman–Crippen MR) is 205 cm³/mol. The first-order chi connectivity index (χ1) is 22.3. The Morgan fingerprint density at radius 3 is 0.870 bits per heavy atom. The summed E-state index contributed by atoms with van der Waals surface area (Å²) in [5.41, 5.74) is -1.02. The highest BCUT2D eigenvalue weighted by atomic mass is 33.4. The minimum absolute atomic E-state index is 0.229. The number of ether oxygens (including phenoxy) is 3. The van der Waals surface area contributed by atoms with Gasteiger partial charge in [0.25, 0.3) is 0 Å². The number of hydrogen-bond acceptors (Lipinski definition) is 9. The first kappa shape index (κ1) is 45.9. The fraction of sp³-hybridized carbons (Fsp3) is 0.917. The summed E-state index contributed by atoms with van der Waals surface area (Å²) in [5, 5.41) is -1.16. The SMILES string of the molecule is CCCCCCCCCOC(=O)C(C)SP(SC(C)C(=O)OCCCCCCCCC)SC(C)C(=O)OCCCCCCCCC. The van der Waals surface area contributed by atoms with E-state index in [0.29, 0.717) is 19.8 Å². The van der Waals surface area contributed by atoms with E-state index < -0.39 is 5.53 Å². The van der Waals surface area contributed by atoms with Crippen LogP contribution in [0.1, 0.15) is 176 Å². The number of hydrogen-bond donors (Lipinski definition) is 0. The molecule has 0 aromatic rings. The van der Waals surface area contributed by atoms with Gasteiger partial charge in [0.1, 0.15) is 15.7 Å². The van der Waals surface area contributed by atoms with E-state index >= 15 is 0 Å². The summed E-state index contributed by atoms with van der Waals surface area (Å²) in [6.07, 6.45) is 24.6. The van der Waals surface area contributed by atoms with E-state index in [9.17, 15) is 14.4 Å². The van der Waals surface area contributed by atoms with Crippen LogP contribution in [0, 0.1) is 0 Å². The second kappa shape index (κ2) is 33.4. The maximum absolute atomic E-state index is 12.8. The molecule has 0 fully saturated rings. The molecule has 6 nitrogen and oxygen atoms in total. The highest BCUT2D eigenvalue weighted by Crippen LogP contribution is 2.73. The molecule has 272 valence electrons. The lowest BCUT2D eigenvalue weighted by molar-refractivity contribution is -0.143. The normalized spacial score (nSPS) is 14.0. The summed E-state index contributed by atoms with van der Waals surface area (Å²) in [6, 6.07) is 0. The number of carbonyl (C=O) groups excluding carboxylic acids is 3. The van der Waals surface area contributed by atoms with E-state index in [-0.39, 0.29) is 33.7 Å². The van der Waals surface area contributed by atoms with Crippen LogP contribution in [-0.4, -0.2) is 53.5 Å². The summed E-state index contributed by atoms with van der Waals surface area (Å²) in [7, 11) is 0. The van der Waals surface area contributed by atoms with Gasteiger partial charge in [-0.3, -0.25) is 14.4 Å². The molecule has 0 amide bonds. The van der Waals surface area contributed by atoms with Crippen molar-refractivity contribution in [1.29, 1.82) is 0 Å². The van der Waals surface area contributed by atoms with Crippen molar-refractivity contribution in [1.82, 2.24) is 0 Å². The Balaban J connectivity index is 4.81. The van der Waals surface area contributed by atoms with Crippen LogP contribution < -0.4 is 0 Å². The Hall–Kier alpha value is -0.110. The van der Waals surface area contributed by atoms with Crippen LogP contribution in [0.25, 0.3) is 0 Å². The molecule has 0 N–H and O–H groups in total. The van der Waals surface area contributed by atoms with E-state index in [4.69, 9.17) is 14.2 Å². The van der Waals surface area contributed by atoms with Gasteiger partial charge >= 0.3 is 17.9 Å². The molecule has 0 aliphatic rings. The molecule has 0 radical (unpaired) electrons. The number of carbonyl (C=O) groups is 3. The molecule has 10 heteroatoms. The molecule has 0 heterocycles. The van der Waals surface area contributed by atoms with Gasteiger partial charge < -0.3 is 14.2 Å². The first-order valence-corrected chi connectivity index (χ1v) is 24.4. The van der Waals surface area contributed by atoms with Crippen LogP contribution >= 0.6 is 39.7 Å². The molecular weight excluding hydrogens is 656 g/mol. The summed E-state index contributed by atoms with van der Waals surface area (Å²) in [6.45, 7) is 13.6. The number of unbranched alkanes of at least 4 members (excludes halogenated alkanes) is 18.